The van der Waals surface area contributed by atoms with Crippen LogP contribution in [0.1, 0.15) is 49.3 Å². The molecule has 0 atom stereocenters. The van der Waals surface area contributed by atoms with E-state index in [2.05, 4.69) is 31.3 Å². The van der Waals surface area contributed by atoms with Crippen molar-refractivity contribution in [2.75, 3.05) is 30.0 Å². The van der Waals surface area contributed by atoms with Crippen molar-refractivity contribution < 1.29 is 19.1 Å². The molecule has 6 nitrogen and oxygen atoms in total. The van der Waals surface area contributed by atoms with Gasteiger partial charge in [-0.25, -0.2) is 0 Å². The molecular formula is C31H34N2O4. The molecule has 37 heavy (non-hydrogen) atoms. The van der Waals surface area contributed by atoms with Gasteiger partial charge in [0.05, 0.1) is 12.3 Å². The van der Waals surface area contributed by atoms with Crippen LogP contribution in [0.15, 0.2) is 72.8 Å². The van der Waals surface area contributed by atoms with Crippen LogP contribution in [-0.4, -0.2) is 31.6 Å². The van der Waals surface area contributed by atoms with Gasteiger partial charge in [-0.15, -0.1) is 0 Å². The quantitative estimate of drug-likeness (QED) is 0.261. The van der Waals surface area contributed by atoms with E-state index in [4.69, 9.17) is 9.47 Å². The maximum atomic E-state index is 12.6. The van der Waals surface area contributed by atoms with Crippen LogP contribution in [0.25, 0.3) is 6.08 Å². The standard InChI is InChI=1S/C31H34N2O4/c1-22(2)25-11-8-24(9-12-25)10-17-30(34)32-26-13-16-29-28(20-26)33(31(35)21-37-29)18-4-5-19-36-27-14-6-23(3)7-15-27/h6-17,20,22H,4-5,18-19,21H2,1-3H3,(H,32,34)/b17-10+. The number of unbranched alkanes of at least 4 members (excludes halogenated alkanes) is 1. The lowest BCUT2D eigenvalue weighted by Crippen LogP contribution is -2.39. The molecule has 1 N–H and O–H groups in total. The van der Waals surface area contributed by atoms with E-state index in [1.807, 2.05) is 43.3 Å². The number of hydrogen-bond donors (Lipinski definition) is 1. The van der Waals surface area contributed by atoms with Gasteiger partial charge in [0.15, 0.2) is 6.61 Å². The van der Waals surface area contributed by atoms with Gasteiger partial charge in [0.25, 0.3) is 5.91 Å². The smallest absolute Gasteiger partial charge is 0.265 e. The van der Waals surface area contributed by atoms with Crippen molar-refractivity contribution in [3.63, 3.8) is 0 Å². The van der Waals surface area contributed by atoms with Gasteiger partial charge in [0.2, 0.25) is 5.91 Å². The van der Waals surface area contributed by atoms with Gasteiger partial charge in [0.1, 0.15) is 11.5 Å². The molecule has 0 bridgehead atoms. The second-order valence-electron chi connectivity index (χ2n) is 9.53. The second kappa shape index (κ2) is 12.3. The van der Waals surface area contributed by atoms with Crippen LogP contribution in [0.5, 0.6) is 11.5 Å². The van der Waals surface area contributed by atoms with Crippen molar-refractivity contribution in [3.8, 4) is 11.5 Å². The molecular weight excluding hydrogens is 464 g/mol. The van der Waals surface area contributed by atoms with Gasteiger partial charge in [0, 0.05) is 18.3 Å². The zero-order valence-corrected chi connectivity index (χ0v) is 21.7. The molecule has 1 aliphatic rings. The number of carbonyl (C=O) groups is 2. The van der Waals surface area contributed by atoms with Gasteiger partial charge < -0.3 is 19.7 Å². The first-order chi connectivity index (χ1) is 17.9. The third kappa shape index (κ3) is 7.23. The van der Waals surface area contributed by atoms with Crippen molar-refractivity contribution in [2.24, 2.45) is 0 Å². The Balaban J connectivity index is 1.33. The number of ether oxygens (including phenoxy) is 2. The van der Waals surface area contributed by atoms with E-state index in [9.17, 15) is 9.59 Å². The summed E-state index contributed by atoms with van der Waals surface area (Å²) in [4.78, 5) is 26.9. The van der Waals surface area contributed by atoms with E-state index in [-0.39, 0.29) is 18.4 Å². The summed E-state index contributed by atoms with van der Waals surface area (Å²) in [7, 11) is 0. The molecule has 0 fully saturated rings. The second-order valence-corrected chi connectivity index (χ2v) is 9.53. The Morgan fingerprint density at radius 2 is 1.81 bits per heavy atom. The van der Waals surface area contributed by atoms with E-state index < -0.39 is 0 Å². The lowest BCUT2D eigenvalue weighted by Gasteiger charge is -2.30. The van der Waals surface area contributed by atoms with Gasteiger partial charge >= 0.3 is 0 Å². The lowest BCUT2D eigenvalue weighted by molar-refractivity contribution is -0.121. The summed E-state index contributed by atoms with van der Waals surface area (Å²) in [5.74, 6) is 1.61. The third-order valence-corrected chi connectivity index (χ3v) is 6.27. The van der Waals surface area contributed by atoms with Gasteiger partial charge in [-0.1, -0.05) is 55.8 Å². The maximum absolute atomic E-state index is 12.6. The first-order valence-electron chi connectivity index (χ1n) is 12.7. The van der Waals surface area contributed by atoms with E-state index in [0.717, 1.165) is 24.2 Å². The van der Waals surface area contributed by atoms with Gasteiger partial charge in [-0.2, -0.15) is 0 Å². The number of aryl methyl sites for hydroxylation is 1. The molecule has 0 radical (unpaired) electrons. The first kappa shape index (κ1) is 26.0. The number of nitrogens with one attached hydrogen (secondary N) is 1. The number of rotatable bonds is 10. The number of carbonyl (C=O) groups excluding carboxylic acids is 2. The maximum Gasteiger partial charge on any atom is 0.265 e. The molecule has 0 aliphatic carbocycles. The SMILES string of the molecule is Cc1ccc(OCCCCN2C(=O)COc3ccc(NC(=O)/C=C/c4ccc(C(C)C)cc4)cc32)cc1. The average Bonchev–Trinajstić information content (AvgIpc) is 2.89. The Labute approximate surface area is 218 Å². The van der Waals surface area contributed by atoms with Crippen LogP contribution in [0.3, 0.4) is 0 Å². The van der Waals surface area contributed by atoms with Gasteiger partial charge in [-0.05, 0) is 73.2 Å². The Bertz CT molecular complexity index is 1250. The Morgan fingerprint density at radius 3 is 2.54 bits per heavy atom. The summed E-state index contributed by atoms with van der Waals surface area (Å²) in [6.45, 7) is 7.49. The fourth-order valence-corrected chi connectivity index (χ4v) is 4.07. The minimum Gasteiger partial charge on any atom is -0.494 e. The number of hydrogen-bond acceptors (Lipinski definition) is 4. The van der Waals surface area contributed by atoms with E-state index in [1.54, 1.807) is 29.2 Å². The Hall–Kier alpha value is -4.06. The molecule has 0 saturated carbocycles. The lowest BCUT2D eigenvalue weighted by atomic mass is 10.0. The molecule has 4 rings (SSSR count). The predicted molar refractivity (Wildman–Crippen MR) is 148 cm³/mol. The molecule has 3 aromatic rings. The number of amides is 2. The van der Waals surface area contributed by atoms with Crippen molar-refractivity contribution in [3.05, 3.63) is 89.5 Å². The fourth-order valence-electron chi connectivity index (χ4n) is 4.07. The van der Waals surface area contributed by atoms with Crippen molar-refractivity contribution >= 4 is 29.3 Å². The van der Waals surface area contributed by atoms with Crippen LogP contribution >= 0.6 is 0 Å². The highest BCUT2D eigenvalue weighted by Gasteiger charge is 2.25. The van der Waals surface area contributed by atoms with E-state index in [0.29, 0.717) is 36.2 Å². The van der Waals surface area contributed by atoms with Crippen LogP contribution in [0.2, 0.25) is 0 Å². The summed E-state index contributed by atoms with van der Waals surface area (Å²) in [6, 6.07) is 21.5. The van der Waals surface area contributed by atoms with Crippen LogP contribution in [0, 0.1) is 6.92 Å². The zero-order chi connectivity index (χ0) is 26.2. The number of fused-ring (bicyclic) bond motifs is 1. The minimum absolute atomic E-state index is 0.0108. The summed E-state index contributed by atoms with van der Waals surface area (Å²) in [6.07, 6.45) is 4.89. The molecule has 3 aromatic carbocycles. The Morgan fingerprint density at radius 1 is 1.05 bits per heavy atom. The highest BCUT2D eigenvalue weighted by atomic mass is 16.5. The number of benzene rings is 3. The van der Waals surface area contributed by atoms with Crippen LogP contribution in [0.4, 0.5) is 11.4 Å². The summed E-state index contributed by atoms with van der Waals surface area (Å²) < 4.78 is 11.4. The normalized spacial score (nSPS) is 13.0. The molecule has 2 amide bonds. The molecule has 0 saturated heterocycles. The van der Waals surface area contributed by atoms with Crippen molar-refractivity contribution in [2.45, 2.75) is 39.5 Å². The largest absolute Gasteiger partial charge is 0.494 e. The van der Waals surface area contributed by atoms with Crippen molar-refractivity contribution in [1.82, 2.24) is 0 Å². The third-order valence-electron chi connectivity index (χ3n) is 6.27. The summed E-state index contributed by atoms with van der Waals surface area (Å²) in [5.41, 5.74) is 4.69. The summed E-state index contributed by atoms with van der Waals surface area (Å²) >= 11 is 0. The molecule has 1 aliphatic heterocycles. The number of nitrogens with zero attached hydrogens (tertiary/aromatic N) is 1. The highest BCUT2D eigenvalue weighted by molar-refractivity contribution is 6.03. The topological polar surface area (TPSA) is 67.9 Å². The summed E-state index contributed by atoms with van der Waals surface area (Å²) in [5, 5.41) is 2.89. The molecule has 0 unspecified atom stereocenters. The molecule has 1 heterocycles. The molecule has 6 heteroatoms. The van der Waals surface area contributed by atoms with Crippen LogP contribution < -0.4 is 19.7 Å². The fraction of sp³-hybridized carbons (Fsp3) is 0.290. The average molecular weight is 499 g/mol. The predicted octanol–water partition coefficient (Wildman–Crippen LogP) is 6.35. The monoisotopic (exact) mass is 498 g/mol. The van der Waals surface area contributed by atoms with E-state index >= 15 is 0 Å². The molecule has 192 valence electrons. The molecule has 0 aromatic heterocycles. The Kier molecular flexibility index (Phi) is 8.62. The van der Waals surface area contributed by atoms with Crippen LogP contribution in [-0.2, 0) is 9.59 Å². The number of anilines is 2. The first-order valence-corrected chi connectivity index (χ1v) is 12.7. The minimum atomic E-state index is -0.240. The zero-order valence-electron chi connectivity index (χ0n) is 21.7. The highest BCUT2D eigenvalue weighted by Crippen LogP contribution is 2.35. The van der Waals surface area contributed by atoms with Gasteiger partial charge in [-0.3, -0.25) is 9.59 Å². The van der Waals surface area contributed by atoms with E-state index in [1.165, 1.54) is 17.2 Å². The van der Waals surface area contributed by atoms with Crippen molar-refractivity contribution in [1.29, 1.82) is 0 Å². The molecule has 0 spiro atoms.